The molecule has 1 aromatic rings. The minimum Gasteiger partial charge on any atom is -0.663 e. The van der Waals surface area contributed by atoms with Crippen molar-refractivity contribution in [1.82, 2.24) is 0 Å². The van der Waals surface area contributed by atoms with Crippen LogP contribution in [0.2, 0.25) is 0 Å². The van der Waals surface area contributed by atoms with Gasteiger partial charge in [0.2, 0.25) is 9.84 Å². The van der Waals surface area contributed by atoms with Crippen molar-refractivity contribution in [2.45, 2.75) is 4.90 Å². The molecule has 0 heterocycles. The zero-order chi connectivity index (χ0) is 13.2. The Hall–Kier alpha value is -0.340. The van der Waals surface area contributed by atoms with Crippen LogP contribution in [0, 0.1) is 0 Å². The van der Waals surface area contributed by atoms with E-state index in [1.54, 1.807) is 6.07 Å². The normalized spacial score (nSPS) is 10.3. The van der Waals surface area contributed by atoms with Crippen LogP contribution in [0.3, 0.4) is 0 Å². The second-order valence-electron chi connectivity index (χ2n) is 3.05. The number of nitrogens with one attached hydrogen (secondary N) is 1. The minimum atomic E-state index is -4.09. The number of amides is 1. The molecule has 5 nitrogen and oxygen atoms in total. The van der Waals surface area contributed by atoms with Crippen LogP contribution in [0.1, 0.15) is 0 Å². The van der Waals surface area contributed by atoms with Gasteiger partial charge >= 0.3 is 29.6 Å². The third kappa shape index (κ3) is 3.58. The van der Waals surface area contributed by atoms with Crippen LogP contribution in [0.5, 0.6) is 5.75 Å². The van der Waals surface area contributed by atoms with Crippen LogP contribution < -0.4 is 34.3 Å². The molecule has 0 atom stereocenters. The molecular weight excluding hydrogens is 333 g/mol. The standard InChI is InChI=1S/C10H10BrNO4S.Na/c1-6(10(12)13)17(14,15)9-5-7(11)3-4-8(9)16-2;/h3-5H,1H2,2H3,(H2,12,13);/q;+1/p-1. The molecule has 18 heavy (non-hydrogen) atoms. The van der Waals surface area contributed by atoms with Crippen molar-refractivity contribution < 1.29 is 47.5 Å². The zero-order valence-electron chi connectivity index (χ0n) is 9.86. The first-order valence-electron chi connectivity index (χ1n) is 4.34. The summed E-state index contributed by atoms with van der Waals surface area (Å²) in [4.78, 5) is 9.81. The van der Waals surface area contributed by atoms with Crippen molar-refractivity contribution in [2.75, 3.05) is 7.11 Å². The molecule has 1 amide bonds. The van der Waals surface area contributed by atoms with E-state index in [9.17, 15) is 13.2 Å². The molecule has 1 aromatic carbocycles. The number of rotatable bonds is 4. The van der Waals surface area contributed by atoms with Crippen LogP contribution >= 0.6 is 15.9 Å². The van der Waals surface area contributed by atoms with Gasteiger partial charge in [0.05, 0.1) is 17.9 Å². The summed E-state index contributed by atoms with van der Waals surface area (Å²) in [6.07, 6.45) is 0. The maximum atomic E-state index is 12.0. The van der Waals surface area contributed by atoms with Gasteiger partial charge in [0.15, 0.2) is 0 Å². The summed E-state index contributed by atoms with van der Waals surface area (Å²) in [5.74, 6) is -1.25. The molecular formula is C10H9BrNNaO4S. The van der Waals surface area contributed by atoms with Gasteiger partial charge in [-0.2, -0.15) is 0 Å². The second kappa shape index (κ2) is 6.72. The van der Waals surface area contributed by atoms with E-state index < -0.39 is 20.6 Å². The van der Waals surface area contributed by atoms with Crippen LogP contribution in [-0.2, 0) is 14.6 Å². The van der Waals surface area contributed by atoms with Crippen molar-refractivity contribution in [3.8, 4) is 5.75 Å². The Balaban J connectivity index is 0.00000289. The quantitative estimate of drug-likeness (QED) is 0.537. The van der Waals surface area contributed by atoms with E-state index >= 15 is 0 Å². The van der Waals surface area contributed by atoms with E-state index in [-0.39, 0.29) is 40.2 Å². The van der Waals surface area contributed by atoms with Gasteiger partial charge in [0.1, 0.15) is 10.6 Å². The maximum absolute atomic E-state index is 12.0. The number of hydrogen-bond donors (Lipinski definition) is 0. The molecule has 0 fully saturated rings. The number of halogens is 1. The predicted molar refractivity (Wildman–Crippen MR) is 66.3 cm³/mol. The average molecular weight is 342 g/mol. The van der Waals surface area contributed by atoms with Gasteiger partial charge < -0.3 is 15.3 Å². The number of carbonyl (C=O) groups is 1. The molecule has 1 rings (SSSR count). The first-order chi connectivity index (χ1) is 7.80. The summed E-state index contributed by atoms with van der Waals surface area (Å²) in [6, 6.07) is 4.34. The van der Waals surface area contributed by atoms with E-state index in [1.165, 1.54) is 19.2 Å². The molecule has 0 aromatic heterocycles. The van der Waals surface area contributed by atoms with Crippen LogP contribution in [0.25, 0.3) is 5.73 Å². The van der Waals surface area contributed by atoms with Gasteiger partial charge in [0, 0.05) is 4.47 Å². The zero-order valence-corrected chi connectivity index (χ0v) is 14.3. The molecule has 0 aliphatic heterocycles. The second-order valence-corrected chi connectivity index (χ2v) is 5.91. The van der Waals surface area contributed by atoms with Gasteiger partial charge in [0.25, 0.3) is 0 Å². The van der Waals surface area contributed by atoms with E-state index in [0.29, 0.717) is 4.47 Å². The van der Waals surface area contributed by atoms with Gasteiger partial charge in [-0.1, -0.05) is 22.5 Å². The minimum absolute atomic E-state index is 0. The SMILES string of the molecule is C=C(C([NH-])=O)S(=O)(=O)c1cc(Br)ccc1OC.[Na+]. The van der Waals surface area contributed by atoms with Crippen molar-refractivity contribution in [3.05, 3.63) is 39.9 Å². The summed E-state index contributed by atoms with van der Waals surface area (Å²) in [5, 5.41) is 0. The first-order valence-corrected chi connectivity index (χ1v) is 6.61. The molecule has 1 N–H and O–H groups in total. The van der Waals surface area contributed by atoms with Crippen molar-refractivity contribution in [1.29, 1.82) is 0 Å². The first kappa shape index (κ1) is 17.7. The fourth-order valence-corrected chi connectivity index (χ4v) is 2.84. The summed E-state index contributed by atoms with van der Waals surface area (Å²) in [7, 11) is -2.78. The molecule has 0 bridgehead atoms. The van der Waals surface area contributed by atoms with Crippen LogP contribution in [0.15, 0.2) is 39.1 Å². The smallest absolute Gasteiger partial charge is 0.663 e. The third-order valence-electron chi connectivity index (χ3n) is 1.99. The summed E-state index contributed by atoms with van der Waals surface area (Å²) in [6.45, 7) is 3.11. The number of carbonyl (C=O) groups excluding carboxylic acids is 1. The Labute approximate surface area is 136 Å². The van der Waals surface area contributed by atoms with Crippen LogP contribution in [0.4, 0.5) is 0 Å². The van der Waals surface area contributed by atoms with Gasteiger partial charge in [-0.3, -0.25) is 0 Å². The maximum Gasteiger partial charge on any atom is 1.00 e. The molecule has 0 aliphatic carbocycles. The molecule has 92 valence electrons. The number of methoxy groups -OCH3 is 1. The van der Waals surface area contributed by atoms with E-state index in [1.807, 2.05) is 0 Å². The Morgan fingerprint density at radius 1 is 1.44 bits per heavy atom. The Morgan fingerprint density at radius 3 is 2.44 bits per heavy atom. The molecule has 0 saturated carbocycles. The molecule has 0 unspecified atom stereocenters. The fraction of sp³-hybridized carbons (Fsp3) is 0.100. The Morgan fingerprint density at radius 2 is 2.00 bits per heavy atom. The van der Waals surface area contributed by atoms with Gasteiger partial charge in [-0.05, 0) is 18.2 Å². The van der Waals surface area contributed by atoms with Crippen molar-refractivity contribution in [2.24, 2.45) is 0 Å². The van der Waals surface area contributed by atoms with E-state index in [0.717, 1.165) is 0 Å². The Bertz CT molecular complexity index is 586. The largest absolute Gasteiger partial charge is 1.00 e. The summed E-state index contributed by atoms with van der Waals surface area (Å²) in [5.41, 5.74) is 6.80. The number of ether oxygens (including phenoxy) is 1. The van der Waals surface area contributed by atoms with Gasteiger partial charge in [-0.25, -0.2) is 8.42 Å². The molecule has 0 spiro atoms. The molecule has 0 aliphatic rings. The van der Waals surface area contributed by atoms with Crippen molar-refractivity contribution >= 4 is 31.7 Å². The number of sulfone groups is 1. The van der Waals surface area contributed by atoms with E-state index in [4.69, 9.17) is 10.5 Å². The topological polar surface area (TPSA) is 84.2 Å². The molecule has 8 heteroatoms. The van der Waals surface area contributed by atoms with Crippen molar-refractivity contribution in [3.63, 3.8) is 0 Å². The van der Waals surface area contributed by atoms with E-state index in [2.05, 4.69) is 22.5 Å². The summed E-state index contributed by atoms with van der Waals surface area (Å²) >= 11 is 3.12. The fourth-order valence-electron chi connectivity index (χ4n) is 1.12. The molecule has 0 saturated heterocycles. The predicted octanol–water partition coefficient (Wildman–Crippen LogP) is -0.672. The average Bonchev–Trinajstić information content (AvgIpc) is 2.27. The third-order valence-corrected chi connectivity index (χ3v) is 4.22. The number of hydrogen-bond acceptors (Lipinski definition) is 4. The monoisotopic (exact) mass is 341 g/mol. The summed E-state index contributed by atoms with van der Waals surface area (Å²) < 4.78 is 29.3. The molecule has 0 radical (unpaired) electrons. The van der Waals surface area contributed by atoms with Gasteiger partial charge in [-0.15, -0.1) is 0 Å². The van der Waals surface area contributed by atoms with Crippen LogP contribution in [-0.4, -0.2) is 21.4 Å². The number of benzene rings is 1. The Kier molecular flexibility index (Phi) is 6.59.